The molecule has 0 amide bonds. The second kappa shape index (κ2) is 6.14. The van der Waals surface area contributed by atoms with Crippen LogP contribution < -0.4 is 15.2 Å². The van der Waals surface area contributed by atoms with Gasteiger partial charge in [0.05, 0.1) is 9.79 Å². The normalized spacial score (nSPS) is 20.4. The molecular weight excluding hydrogens is 338 g/mol. The summed E-state index contributed by atoms with van der Waals surface area (Å²) in [5, 5.41) is 0. The zero-order chi connectivity index (χ0) is 16.7. The fourth-order valence-corrected chi connectivity index (χ4v) is 4.64. The smallest absolute Gasteiger partial charge is 0.240 e. The number of nitrogens with one attached hydrogen (secondary N) is 2. The van der Waals surface area contributed by atoms with Crippen LogP contribution in [-0.2, 0) is 20.0 Å². The van der Waals surface area contributed by atoms with Gasteiger partial charge in [0.1, 0.15) is 0 Å². The molecule has 0 spiro atoms. The van der Waals surface area contributed by atoms with Crippen molar-refractivity contribution in [1.82, 2.24) is 9.44 Å². The lowest BCUT2D eigenvalue weighted by atomic mass is 10.2. The first-order chi connectivity index (χ1) is 10.8. The van der Waals surface area contributed by atoms with Crippen LogP contribution in [0.5, 0.6) is 0 Å². The van der Waals surface area contributed by atoms with Gasteiger partial charge in [0, 0.05) is 18.6 Å². The predicted molar refractivity (Wildman–Crippen MR) is 85.7 cm³/mol. The summed E-state index contributed by atoms with van der Waals surface area (Å²) in [7, 11) is -7.25. The van der Waals surface area contributed by atoms with E-state index in [1.165, 1.54) is 24.3 Å². The largest absolute Gasteiger partial charge is 0.326 e. The summed E-state index contributed by atoms with van der Waals surface area (Å²) in [6.07, 6.45) is 3.78. The number of nitrogens with two attached hydrogens (primary N) is 1. The predicted octanol–water partition coefficient (Wildman–Crippen LogP) is 0.143. The van der Waals surface area contributed by atoms with Gasteiger partial charge < -0.3 is 5.73 Å². The van der Waals surface area contributed by atoms with E-state index in [0.717, 1.165) is 25.7 Å². The van der Waals surface area contributed by atoms with Crippen LogP contribution >= 0.6 is 0 Å². The molecule has 0 radical (unpaired) electrons. The van der Waals surface area contributed by atoms with Gasteiger partial charge in [-0.25, -0.2) is 26.3 Å². The number of benzene rings is 1. The number of hydrogen-bond acceptors (Lipinski definition) is 5. The van der Waals surface area contributed by atoms with Crippen molar-refractivity contribution >= 4 is 20.0 Å². The lowest BCUT2D eigenvalue weighted by Gasteiger charge is -2.12. The molecule has 9 heteroatoms. The van der Waals surface area contributed by atoms with E-state index < -0.39 is 20.0 Å². The molecule has 2 aliphatic carbocycles. The molecule has 0 saturated heterocycles. The zero-order valence-corrected chi connectivity index (χ0v) is 14.2. The zero-order valence-electron chi connectivity index (χ0n) is 12.6. The second-order valence-corrected chi connectivity index (χ2v) is 9.70. The van der Waals surface area contributed by atoms with E-state index in [1.807, 2.05) is 0 Å². The van der Waals surface area contributed by atoms with Crippen LogP contribution in [-0.4, -0.2) is 35.5 Å². The average molecular weight is 359 g/mol. The van der Waals surface area contributed by atoms with E-state index in [-0.39, 0.29) is 28.4 Å². The van der Waals surface area contributed by atoms with Gasteiger partial charge in [0.2, 0.25) is 20.0 Å². The topological polar surface area (TPSA) is 118 Å². The van der Waals surface area contributed by atoms with Gasteiger partial charge in [-0.3, -0.25) is 0 Å². The van der Waals surface area contributed by atoms with Crippen molar-refractivity contribution in [3.8, 4) is 0 Å². The Kier molecular flexibility index (Phi) is 4.49. The average Bonchev–Trinajstić information content (AvgIpc) is 3.38. The fourth-order valence-electron chi connectivity index (χ4n) is 2.27. The van der Waals surface area contributed by atoms with Gasteiger partial charge in [-0.2, -0.15) is 0 Å². The van der Waals surface area contributed by atoms with E-state index in [4.69, 9.17) is 5.73 Å². The first-order valence-electron chi connectivity index (χ1n) is 7.65. The molecule has 1 aromatic carbocycles. The maximum Gasteiger partial charge on any atom is 0.240 e. The highest BCUT2D eigenvalue weighted by atomic mass is 32.2. The minimum atomic E-state index is -3.68. The standard InChI is InChI=1S/C14H21N3O4S2/c15-14(10-1-2-10)9-16-22(18,19)12-5-7-13(8-6-12)23(20,21)17-11-3-4-11/h5-8,10-11,14,16-17H,1-4,9,15H2. The molecule has 3 rings (SSSR count). The minimum Gasteiger partial charge on any atom is -0.326 e. The lowest BCUT2D eigenvalue weighted by molar-refractivity contribution is 0.547. The molecule has 0 heterocycles. The Bertz CT molecular complexity index is 767. The third-order valence-electron chi connectivity index (χ3n) is 4.08. The summed E-state index contributed by atoms with van der Waals surface area (Å²) >= 11 is 0. The highest BCUT2D eigenvalue weighted by Crippen LogP contribution is 2.31. The Balaban J connectivity index is 1.67. The van der Waals surface area contributed by atoms with Crippen molar-refractivity contribution in [3.63, 3.8) is 0 Å². The first kappa shape index (κ1) is 16.8. The Morgan fingerprint density at radius 3 is 1.96 bits per heavy atom. The van der Waals surface area contributed by atoms with Crippen molar-refractivity contribution in [2.75, 3.05) is 6.54 Å². The number of hydrogen-bond donors (Lipinski definition) is 3. The Morgan fingerprint density at radius 2 is 1.48 bits per heavy atom. The van der Waals surface area contributed by atoms with Gasteiger partial charge in [-0.1, -0.05) is 0 Å². The maximum absolute atomic E-state index is 12.2. The lowest BCUT2D eigenvalue weighted by Crippen LogP contribution is -2.38. The van der Waals surface area contributed by atoms with Crippen molar-refractivity contribution in [2.45, 2.75) is 47.6 Å². The molecule has 2 saturated carbocycles. The highest BCUT2D eigenvalue weighted by Gasteiger charge is 2.30. The summed E-state index contributed by atoms with van der Waals surface area (Å²) in [4.78, 5) is 0.101. The van der Waals surface area contributed by atoms with Gasteiger partial charge in [-0.15, -0.1) is 0 Å². The summed E-state index contributed by atoms with van der Waals surface area (Å²) < 4.78 is 53.5. The Labute approximate surface area is 136 Å². The molecule has 128 valence electrons. The van der Waals surface area contributed by atoms with Crippen molar-refractivity contribution in [3.05, 3.63) is 24.3 Å². The van der Waals surface area contributed by atoms with E-state index in [0.29, 0.717) is 5.92 Å². The molecule has 2 aliphatic rings. The quantitative estimate of drug-likeness (QED) is 0.610. The van der Waals surface area contributed by atoms with Gasteiger partial charge in [0.25, 0.3) is 0 Å². The molecule has 1 atom stereocenters. The van der Waals surface area contributed by atoms with Crippen molar-refractivity contribution in [2.24, 2.45) is 11.7 Å². The van der Waals surface area contributed by atoms with Crippen LogP contribution in [0.2, 0.25) is 0 Å². The van der Waals surface area contributed by atoms with E-state index >= 15 is 0 Å². The molecule has 1 aromatic rings. The summed E-state index contributed by atoms with van der Waals surface area (Å²) in [5.74, 6) is 0.402. The van der Waals surface area contributed by atoms with Gasteiger partial charge in [-0.05, 0) is 55.9 Å². The SMILES string of the molecule is NC(CNS(=O)(=O)c1ccc(S(=O)(=O)NC2CC2)cc1)C1CC1. The molecule has 0 bridgehead atoms. The van der Waals surface area contributed by atoms with E-state index in [1.54, 1.807) is 0 Å². The fraction of sp³-hybridized carbons (Fsp3) is 0.571. The molecular formula is C14H21N3O4S2. The summed E-state index contributed by atoms with van der Waals surface area (Å²) in [6.45, 7) is 0.191. The van der Waals surface area contributed by atoms with Crippen LogP contribution in [0.4, 0.5) is 0 Å². The second-order valence-electron chi connectivity index (χ2n) is 6.22. The van der Waals surface area contributed by atoms with E-state index in [2.05, 4.69) is 9.44 Å². The minimum absolute atomic E-state index is 0.00832. The molecule has 23 heavy (non-hydrogen) atoms. The first-order valence-corrected chi connectivity index (χ1v) is 10.6. The molecule has 1 unspecified atom stereocenters. The number of rotatable bonds is 8. The maximum atomic E-state index is 12.2. The molecule has 4 N–H and O–H groups in total. The van der Waals surface area contributed by atoms with E-state index in [9.17, 15) is 16.8 Å². The summed E-state index contributed by atoms with van der Waals surface area (Å²) in [6, 6.07) is 5.04. The highest BCUT2D eigenvalue weighted by molar-refractivity contribution is 7.90. The van der Waals surface area contributed by atoms with Crippen molar-refractivity contribution < 1.29 is 16.8 Å². The molecule has 0 aliphatic heterocycles. The van der Waals surface area contributed by atoms with Gasteiger partial charge in [0.15, 0.2) is 0 Å². The number of sulfonamides is 2. The third-order valence-corrected chi connectivity index (χ3v) is 7.06. The van der Waals surface area contributed by atoms with Crippen LogP contribution in [0.15, 0.2) is 34.1 Å². The molecule has 7 nitrogen and oxygen atoms in total. The third kappa shape index (κ3) is 4.30. The van der Waals surface area contributed by atoms with Crippen LogP contribution in [0.3, 0.4) is 0 Å². The van der Waals surface area contributed by atoms with Crippen LogP contribution in [0.1, 0.15) is 25.7 Å². The molecule has 2 fully saturated rings. The molecule has 0 aromatic heterocycles. The van der Waals surface area contributed by atoms with Crippen LogP contribution in [0, 0.1) is 5.92 Å². The summed E-state index contributed by atoms with van der Waals surface area (Å²) in [5.41, 5.74) is 5.88. The Morgan fingerprint density at radius 1 is 0.957 bits per heavy atom. The Hall–Kier alpha value is -1.00. The van der Waals surface area contributed by atoms with Gasteiger partial charge >= 0.3 is 0 Å². The van der Waals surface area contributed by atoms with Crippen LogP contribution in [0.25, 0.3) is 0 Å². The monoisotopic (exact) mass is 359 g/mol. The van der Waals surface area contributed by atoms with Crippen molar-refractivity contribution in [1.29, 1.82) is 0 Å².